The molecule has 2 heterocycles. The van der Waals surface area contributed by atoms with Crippen LogP contribution in [0.2, 0.25) is 0 Å². The van der Waals surface area contributed by atoms with Gasteiger partial charge in [0, 0.05) is 12.7 Å². The topological polar surface area (TPSA) is 114 Å². The molecule has 0 aliphatic carbocycles. The highest BCUT2D eigenvalue weighted by atomic mass is 16.5. The predicted octanol–water partition coefficient (Wildman–Crippen LogP) is 1.95. The van der Waals surface area contributed by atoms with Gasteiger partial charge in [-0.3, -0.25) is 23.5 Å². The Bertz CT molecular complexity index is 1490. The summed E-state index contributed by atoms with van der Waals surface area (Å²) in [4.78, 5) is 43.1. The molecule has 0 radical (unpaired) electrons. The van der Waals surface area contributed by atoms with E-state index in [1.165, 1.54) is 25.9 Å². The van der Waals surface area contributed by atoms with Gasteiger partial charge in [0.1, 0.15) is 6.54 Å². The summed E-state index contributed by atoms with van der Waals surface area (Å²) in [6, 6.07) is 16.1. The Morgan fingerprint density at radius 1 is 0.861 bits per heavy atom. The normalized spacial score (nSPS) is 10.8. The van der Waals surface area contributed by atoms with Gasteiger partial charge < -0.3 is 19.5 Å². The number of rotatable bonds is 9. The third kappa shape index (κ3) is 4.92. The van der Waals surface area contributed by atoms with Crippen LogP contribution >= 0.6 is 0 Å². The van der Waals surface area contributed by atoms with Crippen molar-refractivity contribution in [2.45, 2.75) is 19.6 Å². The van der Waals surface area contributed by atoms with Crippen molar-refractivity contribution in [2.75, 3.05) is 21.3 Å². The van der Waals surface area contributed by atoms with Crippen LogP contribution in [0.5, 0.6) is 17.2 Å². The van der Waals surface area contributed by atoms with Crippen molar-refractivity contribution in [3.63, 3.8) is 0 Å². The first-order valence-corrected chi connectivity index (χ1v) is 11.1. The lowest BCUT2D eigenvalue weighted by atomic mass is 10.1. The maximum atomic E-state index is 13.0. The summed E-state index contributed by atoms with van der Waals surface area (Å²) in [5, 5.41) is 2.77. The molecule has 1 N–H and O–H groups in total. The highest BCUT2D eigenvalue weighted by molar-refractivity contribution is 5.79. The van der Waals surface area contributed by atoms with Crippen molar-refractivity contribution in [2.24, 2.45) is 0 Å². The van der Waals surface area contributed by atoms with E-state index in [0.717, 1.165) is 10.1 Å². The lowest BCUT2D eigenvalue weighted by molar-refractivity contribution is -0.121. The molecule has 4 aromatic rings. The van der Waals surface area contributed by atoms with Gasteiger partial charge in [0.05, 0.1) is 33.4 Å². The molecule has 0 aliphatic heterocycles. The van der Waals surface area contributed by atoms with Crippen LogP contribution in [0.3, 0.4) is 0 Å². The van der Waals surface area contributed by atoms with Crippen LogP contribution in [0.4, 0.5) is 0 Å². The summed E-state index contributed by atoms with van der Waals surface area (Å²) < 4.78 is 18.5. The summed E-state index contributed by atoms with van der Waals surface area (Å²) in [6.07, 6.45) is 1.54. The van der Waals surface area contributed by atoms with Crippen molar-refractivity contribution in [1.29, 1.82) is 0 Å². The van der Waals surface area contributed by atoms with Crippen LogP contribution in [0.25, 0.3) is 11.2 Å². The first kappa shape index (κ1) is 24.5. The molecule has 4 rings (SSSR count). The standard InChI is InChI=1S/C26H26N4O6/c1-34-20-12-18(13-21(35-2)23(20)36-3)14-28-22(31)16-29-19-10-7-11-27-24(19)30(26(33)25(29)32)15-17-8-5-4-6-9-17/h4-13H,14-16H2,1-3H3,(H,28,31). The van der Waals surface area contributed by atoms with Crippen molar-refractivity contribution >= 4 is 17.1 Å². The van der Waals surface area contributed by atoms with E-state index in [4.69, 9.17) is 14.2 Å². The molecule has 0 saturated carbocycles. The molecule has 10 nitrogen and oxygen atoms in total. The van der Waals surface area contributed by atoms with E-state index in [-0.39, 0.29) is 19.6 Å². The number of nitrogens with one attached hydrogen (secondary N) is 1. The first-order chi connectivity index (χ1) is 17.5. The van der Waals surface area contributed by atoms with E-state index in [9.17, 15) is 14.4 Å². The van der Waals surface area contributed by atoms with E-state index in [1.54, 1.807) is 30.5 Å². The van der Waals surface area contributed by atoms with Gasteiger partial charge in [-0.05, 0) is 35.4 Å². The van der Waals surface area contributed by atoms with Gasteiger partial charge >= 0.3 is 11.1 Å². The van der Waals surface area contributed by atoms with Gasteiger partial charge in [-0.2, -0.15) is 0 Å². The molecular weight excluding hydrogens is 464 g/mol. The zero-order valence-electron chi connectivity index (χ0n) is 20.2. The van der Waals surface area contributed by atoms with E-state index >= 15 is 0 Å². The van der Waals surface area contributed by atoms with Crippen molar-refractivity contribution in [3.8, 4) is 17.2 Å². The monoisotopic (exact) mass is 490 g/mol. The fraction of sp³-hybridized carbons (Fsp3) is 0.231. The highest BCUT2D eigenvalue weighted by Crippen LogP contribution is 2.38. The number of carbonyl (C=O) groups excluding carboxylic acids is 1. The van der Waals surface area contributed by atoms with Crippen molar-refractivity contribution in [1.82, 2.24) is 19.4 Å². The lowest BCUT2D eigenvalue weighted by Gasteiger charge is -2.15. The quantitative estimate of drug-likeness (QED) is 0.357. The maximum absolute atomic E-state index is 13.0. The Morgan fingerprint density at radius 2 is 1.53 bits per heavy atom. The molecule has 0 bridgehead atoms. The summed E-state index contributed by atoms with van der Waals surface area (Å²) in [7, 11) is 4.52. The van der Waals surface area contributed by atoms with Crippen LogP contribution in [-0.2, 0) is 24.4 Å². The third-order valence-corrected chi connectivity index (χ3v) is 5.69. The van der Waals surface area contributed by atoms with Crippen LogP contribution in [0.15, 0.2) is 70.4 Å². The minimum absolute atomic E-state index is 0.144. The van der Waals surface area contributed by atoms with E-state index < -0.39 is 17.0 Å². The van der Waals surface area contributed by atoms with Crippen molar-refractivity contribution < 1.29 is 19.0 Å². The molecule has 0 unspecified atom stereocenters. The second kappa shape index (κ2) is 10.8. The number of methoxy groups -OCH3 is 3. The number of benzene rings is 2. The number of hydrogen-bond acceptors (Lipinski definition) is 7. The highest BCUT2D eigenvalue weighted by Gasteiger charge is 2.17. The maximum Gasteiger partial charge on any atom is 0.318 e. The van der Waals surface area contributed by atoms with Crippen molar-refractivity contribution in [3.05, 3.63) is 92.6 Å². The zero-order valence-corrected chi connectivity index (χ0v) is 20.2. The number of ether oxygens (including phenoxy) is 3. The van der Waals surface area contributed by atoms with Gasteiger partial charge in [0.25, 0.3) is 0 Å². The van der Waals surface area contributed by atoms with Gasteiger partial charge in [0.2, 0.25) is 11.7 Å². The second-order valence-corrected chi connectivity index (χ2v) is 7.92. The summed E-state index contributed by atoms with van der Waals surface area (Å²) >= 11 is 0. The number of aromatic nitrogens is 3. The van der Waals surface area contributed by atoms with Crippen LogP contribution in [0.1, 0.15) is 11.1 Å². The Hall–Kier alpha value is -4.60. The van der Waals surface area contributed by atoms with E-state index in [2.05, 4.69) is 10.3 Å². The average Bonchev–Trinajstić information content (AvgIpc) is 2.92. The molecule has 0 saturated heterocycles. The Labute approximate surface area is 206 Å². The summed E-state index contributed by atoms with van der Waals surface area (Å²) in [6.45, 7) is -0.00494. The number of fused-ring (bicyclic) bond motifs is 1. The van der Waals surface area contributed by atoms with Gasteiger partial charge in [-0.25, -0.2) is 4.98 Å². The smallest absolute Gasteiger partial charge is 0.318 e. The Balaban J connectivity index is 1.60. The molecule has 2 aromatic heterocycles. The van der Waals surface area contributed by atoms with Gasteiger partial charge in [0.15, 0.2) is 17.1 Å². The molecular formula is C26H26N4O6. The fourth-order valence-electron chi connectivity index (χ4n) is 3.95. The zero-order chi connectivity index (χ0) is 25.7. The second-order valence-electron chi connectivity index (χ2n) is 7.92. The molecule has 0 spiro atoms. The molecule has 0 fully saturated rings. The minimum atomic E-state index is -0.797. The van der Waals surface area contributed by atoms with Crippen LogP contribution in [0, 0.1) is 0 Å². The molecule has 0 aliphatic rings. The average molecular weight is 491 g/mol. The van der Waals surface area contributed by atoms with Gasteiger partial charge in [-0.15, -0.1) is 0 Å². The molecule has 1 amide bonds. The summed E-state index contributed by atoms with van der Waals surface area (Å²) in [5.41, 5.74) is 0.725. The van der Waals surface area contributed by atoms with E-state index in [1.807, 2.05) is 30.3 Å². The fourth-order valence-corrected chi connectivity index (χ4v) is 3.95. The minimum Gasteiger partial charge on any atom is -0.493 e. The number of pyridine rings is 1. The predicted molar refractivity (Wildman–Crippen MR) is 134 cm³/mol. The van der Waals surface area contributed by atoms with Crippen LogP contribution < -0.4 is 30.6 Å². The number of amides is 1. The molecule has 36 heavy (non-hydrogen) atoms. The SMILES string of the molecule is COc1cc(CNC(=O)Cn2c(=O)c(=O)n(Cc3ccccc3)c3ncccc32)cc(OC)c1OC. The molecule has 10 heteroatoms. The summed E-state index contributed by atoms with van der Waals surface area (Å²) in [5.74, 6) is 0.903. The first-order valence-electron chi connectivity index (χ1n) is 11.1. The lowest BCUT2D eigenvalue weighted by Crippen LogP contribution is -2.44. The van der Waals surface area contributed by atoms with Gasteiger partial charge in [-0.1, -0.05) is 30.3 Å². The van der Waals surface area contributed by atoms with Crippen LogP contribution in [-0.4, -0.2) is 41.4 Å². The van der Waals surface area contributed by atoms with E-state index in [0.29, 0.717) is 34.0 Å². The third-order valence-electron chi connectivity index (χ3n) is 5.69. The number of hydrogen-bond donors (Lipinski definition) is 1. The molecule has 2 aromatic carbocycles. The molecule has 186 valence electrons. The largest absolute Gasteiger partial charge is 0.493 e. The number of carbonyl (C=O) groups is 1. The Morgan fingerprint density at radius 3 is 2.17 bits per heavy atom. The molecule has 0 atom stereocenters. The number of nitrogens with zero attached hydrogens (tertiary/aromatic N) is 3. The Kier molecular flexibility index (Phi) is 7.33.